The van der Waals surface area contributed by atoms with Crippen molar-refractivity contribution >= 4 is 44.7 Å². The van der Waals surface area contributed by atoms with Crippen LogP contribution in [-0.4, -0.2) is 9.97 Å². The van der Waals surface area contributed by atoms with Crippen LogP contribution >= 0.6 is 38.9 Å². The third-order valence-corrected chi connectivity index (χ3v) is 4.46. The number of hydrogen-bond acceptors (Lipinski definition) is 4. The summed E-state index contributed by atoms with van der Waals surface area (Å²) in [5.41, 5.74) is 8.46. The third kappa shape index (κ3) is 2.57. The van der Waals surface area contributed by atoms with Crippen LogP contribution in [0.5, 0.6) is 0 Å². The quantitative estimate of drug-likeness (QED) is 0.704. The number of halogens is 2. The number of benzene rings is 1. The Labute approximate surface area is 133 Å². The van der Waals surface area contributed by atoms with Crippen LogP contribution in [0.2, 0.25) is 5.02 Å². The molecule has 0 radical (unpaired) electrons. The molecule has 0 unspecified atom stereocenters. The summed E-state index contributed by atoms with van der Waals surface area (Å²) in [6.45, 7) is 0. The molecule has 2 heterocycles. The average molecular weight is 367 g/mol. The topological polar surface area (TPSA) is 51.8 Å². The monoisotopic (exact) mass is 365 g/mol. The summed E-state index contributed by atoms with van der Waals surface area (Å²) in [7, 11) is 0. The molecule has 0 aliphatic rings. The minimum Gasteiger partial charge on any atom is -0.383 e. The number of nitrogens with zero attached hydrogens (tertiary/aromatic N) is 2. The lowest BCUT2D eigenvalue weighted by molar-refractivity contribution is 1.32. The zero-order chi connectivity index (χ0) is 14.1. The van der Waals surface area contributed by atoms with Gasteiger partial charge in [0.15, 0.2) is 0 Å². The van der Waals surface area contributed by atoms with Crippen molar-refractivity contribution in [2.75, 3.05) is 5.73 Å². The van der Waals surface area contributed by atoms with Gasteiger partial charge in [0.2, 0.25) is 0 Å². The zero-order valence-corrected chi connectivity index (χ0v) is 13.3. The highest BCUT2D eigenvalue weighted by atomic mass is 79.9. The highest BCUT2D eigenvalue weighted by Gasteiger charge is 2.11. The molecule has 0 saturated carbocycles. The van der Waals surface area contributed by atoms with E-state index in [2.05, 4.69) is 25.9 Å². The SMILES string of the molecule is Nc1ncccc1-c1nc(-c2ccc(Br)cc2Cl)cs1. The third-order valence-electron chi connectivity index (χ3n) is 2.78. The Morgan fingerprint density at radius 1 is 1.20 bits per heavy atom. The first-order valence-corrected chi connectivity index (χ1v) is 7.82. The standard InChI is InChI=1S/C14H9BrClN3S/c15-8-3-4-9(11(16)6-8)12-7-20-14(19-12)10-2-1-5-18-13(10)17/h1-7H,(H2,17,18). The Hall–Kier alpha value is -1.43. The summed E-state index contributed by atoms with van der Waals surface area (Å²) in [5.74, 6) is 0.482. The number of hydrogen-bond donors (Lipinski definition) is 1. The van der Waals surface area contributed by atoms with Gasteiger partial charge in [-0.2, -0.15) is 0 Å². The highest BCUT2D eigenvalue weighted by molar-refractivity contribution is 9.10. The Kier molecular flexibility index (Phi) is 3.74. The molecule has 0 spiro atoms. The molecule has 100 valence electrons. The highest BCUT2D eigenvalue weighted by Crippen LogP contribution is 2.34. The fraction of sp³-hybridized carbons (Fsp3) is 0. The van der Waals surface area contributed by atoms with Crippen molar-refractivity contribution in [3.05, 3.63) is 51.4 Å². The van der Waals surface area contributed by atoms with E-state index in [0.29, 0.717) is 10.8 Å². The van der Waals surface area contributed by atoms with E-state index >= 15 is 0 Å². The predicted molar refractivity (Wildman–Crippen MR) is 87.9 cm³/mol. The maximum atomic E-state index is 6.25. The van der Waals surface area contributed by atoms with Crippen molar-refractivity contribution < 1.29 is 0 Å². The largest absolute Gasteiger partial charge is 0.383 e. The number of rotatable bonds is 2. The van der Waals surface area contributed by atoms with E-state index in [9.17, 15) is 0 Å². The summed E-state index contributed by atoms with van der Waals surface area (Å²) >= 11 is 11.2. The minimum absolute atomic E-state index is 0.482. The van der Waals surface area contributed by atoms with Crippen LogP contribution in [0, 0.1) is 0 Å². The van der Waals surface area contributed by atoms with Gasteiger partial charge in [0.25, 0.3) is 0 Å². The molecule has 0 amide bonds. The summed E-state index contributed by atoms with van der Waals surface area (Å²) in [6, 6.07) is 9.50. The second-order valence-electron chi connectivity index (χ2n) is 4.10. The fourth-order valence-electron chi connectivity index (χ4n) is 1.82. The van der Waals surface area contributed by atoms with Gasteiger partial charge in [-0.05, 0) is 24.3 Å². The lowest BCUT2D eigenvalue weighted by Gasteiger charge is -2.02. The van der Waals surface area contributed by atoms with Gasteiger partial charge < -0.3 is 5.73 Å². The van der Waals surface area contributed by atoms with Gasteiger partial charge in [-0.25, -0.2) is 9.97 Å². The Morgan fingerprint density at radius 2 is 2.05 bits per heavy atom. The maximum absolute atomic E-state index is 6.25. The first-order valence-electron chi connectivity index (χ1n) is 5.77. The molecule has 2 N–H and O–H groups in total. The van der Waals surface area contributed by atoms with Gasteiger partial charge in [0.1, 0.15) is 10.8 Å². The van der Waals surface area contributed by atoms with Crippen LogP contribution in [0.25, 0.3) is 21.8 Å². The van der Waals surface area contributed by atoms with Crippen molar-refractivity contribution in [2.45, 2.75) is 0 Å². The molecule has 3 nitrogen and oxygen atoms in total. The maximum Gasteiger partial charge on any atom is 0.133 e. The Balaban J connectivity index is 2.04. The molecule has 0 aliphatic heterocycles. The van der Waals surface area contributed by atoms with E-state index in [1.54, 1.807) is 6.20 Å². The zero-order valence-electron chi connectivity index (χ0n) is 10.2. The number of aromatic nitrogens is 2. The van der Waals surface area contributed by atoms with Crippen molar-refractivity contribution in [1.29, 1.82) is 0 Å². The van der Waals surface area contributed by atoms with Gasteiger partial charge in [-0.15, -0.1) is 11.3 Å². The molecule has 0 fully saturated rings. The first kappa shape index (κ1) is 13.5. The lowest BCUT2D eigenvalue weighted by atomic mass is 10.2. The van der Waals surface area contributed by atoms with Crippen molar-refractivity contribution in [3.63, 3.8) is 0 Å². The van der Waals surface area contributed by atoms with E-state index in [-0.39, 0.29) is 0 Å². The summed E-state index contributed by atoms with van der Waals surface area (Å²) in [5, 5.41) is 3.47. The van der Waals surface area contributed by atoms with Crippen molar-refractivity contribution in [1.82, 2.24) is 9.97 Å². The van der Waals surface area contributed by atoms with Crippen molar-refractivity contribution in [2.24, 2.45) is 0 Å². The van der Waals surface area contributed by atoms with Crippen LogP contribution < -0.4 is 5.73 Å². The van der Waals surface area contributed by atoms with Crippen LogP contribution in [-0.2, 0) is 0 Å². The van der Waals surface area contributed by atoms with Gasteiger partial charge in [-0.1, -0.05) is 33.6 Å². The molecule has 3 rings (SSSR count). The van der Waals surface area contributed by atoms with E-state index in [4.69, 9.17) is 17.3 Å². The van der Waals surface area contributed by atoms with E-state index in [1.807, 2.05) is 35.7 Å². The van der Waals surface area contributed by atoms with Gasteiger partial charge in [0, 0.05) is 21.6 Å². The molecule has 2 aromatic heterocycles. The smallest absolute Gasteiger partial charge is 0.133 e. The van der Waals surface area contributed by atoms with Crippen LogP contribution in [0.4, 0.5) is 5.82 Å². The molecule has 1 aromatic carbocycles. The number of nitrogen functional groups attached to an aromatic ring is 1. The van der Waals surface area contributed by atoms with E-state index in [0.717, 1.165) is 26.3 Å². The molecule has 6 heteroatoms. The van der Waals surface area contributed by atoms with Gasteiger partial charge >= 0.3 is 0 Å². The molecule has 20 heavy (non-hydrogen) atoms. The first-order chi connectivity index (χ1) is 9.65. The van der Waals surface area contributed by atoms with Crippen molar-refractivity contribution in [3.8, 4) is 21.8 Å². The Morgan fingerprint density at radius 3 is 2.80 bits per heavy atom. The number of thiazole rings is 1. The molecular formula is C14H9BrClN3S. The van der Waals surface area contributed by atoms with Crippen LogP contribution in [0.1, 0.15) is 0 Å². The number of nitrogens with two attached hydrogens (primary N) is 1. The van der Waals surface area contributed by atoms with E-state index < -0.39 is 0 Å². The molecule has 3 aromatic rings. The van der Waals surface area contributed by atoms with Crippen LogP contribution in [0.3, 0.4) is 0 Å². The normalized spacial score (nSPS) is 10.7. The van der Waals surface area contributed by atoms with Crippen LogP contribution in [0.15, 0.2) is 46.4 Å². The second kappa shape index (κ2) is 5.52. The summed E-state index contributed by atoms with van der Waals surface area (Å²) in [4.78, 5) is 8.68. The number of anilines is 1. The summed E-state index contributed by atoms with van der Waals surface area (Å²) < 4.78 is 0.943. The fourth-order valence-corrected chi connectivity index (χ4v) is 3.44. The second-order valence-corrected chi connectivity index (χ2v) is 6.28. The molecule has 0 aliphatic carbocycles. The molecule has 0 bridgehead atoms. The lowest BCUT2D eigenvalue weighted by Crippen LogP contribution is -1.92. The molecule has 0 atom stereocenters. The molecular weight excluding hydrogens is 358 g/mol. The predicted octanol–water partition coefficient (Wildman–Crippen LogP) is 4.87. The minimum atomic E-state index is 0.482. The number of pyridine rings is 1. The summed E-state index contributed by atoms with van der Waals surface area (Å²) in [6.07, 6.45) is 1.67. The average Bonchev–Trinajstić information content (AvgIpc) is 2.88. The van der Waals surface area contributed by atoms with Gasteiger partial charge in [0.05, 0.1) is 16.3 Å². The van der Waals surface area contributed by atoms with E-state index in [1.165, 1.54) is 11.3 Å². The Bertz CT molecular complexity index is 773. The van der Waals surface area contributed by atoms with Gasteiger partial charge in [-0.3, -0.25) is 0 Å². The molecule has 0 saturated heterocycles.